The zero-order chi connectivity index (χ0) is 22.7. The van der Waals surface area contributed by atoms with Gasteiger partial charge < -0.3 is 24.8 Å². The molecule has 7 nitrogen and oxygen atoms in total. The van der Waals surface area contributed by atoms with E-state index in [1.54, 1.807) is 13.3 Å². The van der Waals surface area contributed by atoms with E-state index in [9.17, 15) is 4.79 Å². The number of rotatable bonds is 7. The van der Waals surface area contributed by atoms with Gasteiger partial charge in [-0.05, 0) is 55.5 Å². The van der Waals surface area contributed by atoms with Crippen LogP contribution < -0.4 is 20.3 Å². The number of benzene rings is 1. The van der Waals surface area contributed by atoms with E-state index in [1.807, 2.05) is 43.3 Å². The van der Waals surface area contributed by atoms with Crippen molar-refractivity contribution in [2.45, 2.75) is 38.9 Å². The van der Waals surface area contributed by atoms with Crippen LogP contribution in [0.25, 0.3) is 0 Å². The molecule has 1 saturated heterocycles. The highest BCUT2D eigenvalue weighted by molar-refractivity contribution is 7.80. The Morgan fingerprint density at radius 2 is 2.06 bits per heavy atom. The Hall–Kier alpha value is -3.39. The number of ether oxygens (including phenoxy) is 1. The molecule has 2 atom stereocenters. The third-order valence-corrected chi connectivity index (χ3v) is 5.98. The lowest BCUT2D eigenvalue weighted by Gasteiger charge is -2.29. The molecule has 8 heteroatoms. The van der Waals surface area contributed by atoms with Crippen LogP contribution in [0.1, 0.15) is 43.7 Å². The number of hydrogen-bond acceptors (Lipinski definition) is 4. The number of hydrogen-bond donors (Lipinski definition) is 2. The maximum atomic E-state index is 11.9. The maximum absolute atomic E-state index is 11.9. The van der Waals surface area contributed by atoms with Crippen LogP contribution in [0.3, 0.4) is 0 Å². The number of carbonyl (C=O) groups excluding carboxylic acids is 1. The van der Waals surface area contributed by atoms with Crippen LogP contribution in [0.2, 0.25) is 0 Å². The van der Waals surface area contributed by atoms with E-state index in [0.717, 1.165) is 23.6 Å². The van der Waals surface area contributed by atoms with Gasteiger partial charge in [-0.2, -0.15) is 0 Å². The molecule has 0 saturated carbocycles. The summed E-state index contributed by atoms with van der Waals surface area (Å²) in [5.41, 5.74) is 3.57. The first-order chi connectivity index (χ1) is 15.6. The van der Waals surface area contributed by atoms with Crippen molar-refractivity contribution < 1.29 is 9.53 Å². The van der Waals surface area contributed by atoms with Crippen LogP contribution in [0.15, 0.2) is 60.9 Å². The van der Waals surface area contributed by atoms with Crippen molar-refractivity contribution in [1.29, 1.82) is 0 Å². The molecule has 32 heavy (non-hydrogen) atoms. The number of nitrogens with one attached hydrogen (secondary N) is 2. The van der Waals surface area contributed by atoms with Crippen molar-refractivity contribution in [2.24, 2.45) is 0 Å². The Labute approximate surface area is 193 Å². The average Bonchev–Trinajstić information content (AvgIpc) is 3.43. The van der Waals surface area contributed by atoms with Crippen molar-refractivity contribution in [1.82, 2.24) is 14.9 Å². The summed E-state index contributed by atoms with van der Waals surface area (Å²) < 4.78 is 7.80. The number of aryl methyl sites for hydroxylation is 1. The molecule has 0 radical (unpaired) electrons. The summed E-state index contributed by atoms with van der Waals surface area (Å²) in [5, 5.41) is 6.97. The molecule has 3 heterocycles. The quantitative estimate of drug-likeness (QED) is 0.520. The standard InChI is InChI=1S/C24H27N5O2S/c1-4-21(30)26-17-12-11-16(15-20(17)31-3)29-23(19-10-8-14-28(19)5-2)22(27-24(29)32)18-9-6-7-13-25-18/h6-15,22-23H,4-5H2,1-3H3,(H,26,30)(H,27,32)/t22-,23-/m0/s1. The van der Waals surface area contributed by atoms with Gasteiger partial charge >= 0.3 is 0 Å². The zero-order valence-electron chi connectivity index (χ0n) is 18.4. The highest BCUT2D eigenvalue weighted by Crippen LogP contribution is 2.43. The minimum Gasteiger partial charge on any atom is -0.494 e. The number of pyridine rings is 1. The van der Waals surface area contributed by atoms with E-state index in [2.05, 4.69) is 50.3 Å². The Morgan fingerprint density at radius 1 is 1.22 bits per heavy atom. The number of nitrogens with zero attached hydrogens (tertiary/aromatic N) is 3. The lowest BCUT2D eigenvalue weighted by atomic mass is 10.0. The maximum Gasteiger partial charge on any atom is 0.224 e. The number of methoxy groups -OCH3 is 1. The fraction of sp³-hybridized carbons (Fsp3) is 0.292. The Balaban J connectivity index is 1.79. The van der Waals surface area contributed by atoms with Crippen LogP contribution in [0.4, 0.5) is 11.4 Å². The first-order valence-corrected chi connectivity index (χ1v) is 11.1. The van der Waals surface area contributed by atoms with E-state index in [4.69, 9.17) is 17.0 Å². The number of thiocarbonyl (C=S) groups is 1. The molecule has 0 aliphatic carbocycles. The SMILES string of the molecule is CCC(=O)Nc1ccc(N2C(=S)N[C@@H](c3ccccn3)[C@@H]2c2cccn2CC)cc1OC. The Morgan fingerprint density at radius 3 is 2.75 bits per heavy atom. The first kappa shape index (κ1) is 21.8. The van der Waals surface area contributed by atoms with Crippen LogP contribution >= 0.6 is 12.2 Å². The molecule has 0 bridgehead atoms. The topological polar surface area (TPSA) is 71.4 Å². The van der Waals surface area contributed by atoms with Gasteiger partial charge in [0.2, 0.25) is 5.91 Å². The van der Waals surface area contributed by atoms with Gasteiger partial charge in [-0.3, -0.25) is 9.78 Å². The number of anilines is 2. The molecule has 2 aromatic heterocycles. The van der Waals surface area contributed by atoms with E-state index in [0.29, 0.717) is 23.0 Å². The average molecular weight is 450 g/mol. The summed E-state index contributed by atoms with van der Waals surface area (Å²) >= 11 is 5.80. The van der Waals surface area contributed by atoms with Gasteiger partial charge in [-0.25, -0.2) is 0 Å². The normalized spacial score (nSPS) is 17.8. The highest BCUT2D eigenvalue weighted by atomic mass is 32.1. The number of carbonyl (C=O) groups is 1. The second kappa shape index (κ2) is 9.40. The summed E-state index contributed by atoms with van der Waals surface area (Å²) in [7, 11) is 1.59. The molecule has 1 fully saturated rings. The van der Waals surface area contributed by atoms with Gasteiger partial charge in [0.05, 0.1) is 24.5 Å². The molecule has 1 aliphatic heterocycles. The lowest BCUT2D eigenvalue weighted by Crippen LogP contribution is -2.30. The van der Waals surface area contributed by atoms with Gasteiger partial charge in [0.15, 0.2) is 5.11 Å². The van der Waals surface area contributed by atoms with E-state index < -0.39 is 0 Å². The van der Waals surface area contributed by atoms with Crippen LogP contribution in [-0.2, 0) is 11.3 Å². The zero-order valence-corrected chi connectivity index (χ0v) is 19.2. The predicted octanol–water partition coefficient (Wildman–Crippen LogP) is 4.44. The molecule has 1 aromatic carbocycles. The fourth-order valence-corrected chi connectivity index (χ4v) is 4.43. The van der Waals surface area contributed by atoms with Gasteiger partial charge in [0.1, 0.15) is 11.8 Å². The van der Waals surface area contributed by atoms with E-state index in [1.165, 1.54) is 0 Å². The number of aromatic nitrogens is 2. The monoisotopic (exact) mass is 449 g/mol. The van der Waals surface area contributed by atoms with Gasteiger partial charge in [0, 0.05) is 42.8 Å². The molecular weight excluding hydrogens is 422 g/mol. The Bertz CT molecular complexity index is 1110. The van der Waals surface area contributed by atoms with Gasteiger partial charge in [0.25, 0.3) is 0 Å². The minimum absolute atomic E-state index is 0.0664. The van der Waals surface area contributed by atoms with Crippen molar-refractivity contribution in [2.75, 3.05) is 17.3 Å². The van der Waals surface area contributed by atoms with Gasteiger partial charge in [-0.15, -0.1) is 0 Å². The molecule has 2 N–H and O–H groups in total. The molecule has 3 aromatic rings. The summed E-state index contributed by atoms with van der Waals surface area (Å²) in [6, 6.07) is 15.6. The summed E-state index contributed by atoms with van der Waals surface area (Å²) in [4.78, 5) is 18.6. The molecule has 166 valence electrons. The molecule has 0 unspecified atom stereocenters. The van der Waals surface area contributed by atoms with Crippen LogP contribution in [-0.4, -0.2) is 27.7 Å². The molecule has 0 spiro atoms. The van der Waals surface area contributed by atoms with Crippen LogP contribution in [0, 0.1) is 0 Å². The predicted molar refractivity (Wildman–Crippen MR) is 130 cm³/mol. The lowest BCUT2D eigenvalue weighted by molar-refractivity contribution is -0.115. The third-order valence-electron chi connectivity index (χ3n) is 5.66. The van der Waals surface area contributed by atoms with Crippen molar-refractivity contribution >= 4 is 34.6 Å². The van der Waals surface area contributed by atoms with E-state index >= 15 is 0 Å². The Kier molecular flexibility index (Phi) is 6.41. The molecule has 1 aliphatic rings. The second-order valence-electron chi connectivity index (χ2n) is 7.50. The smallest absolute Gasteiger partial charge is 0.224 e. The van der Waals surface area contributed by atoms with E-state index in [-0.39, 0.29) is 18.0 Å². The fourth-order valence-electron chi connectivity index (χ4n) is 4.09. The first-order valence-electron chi connectivity index (χ1n) is 10.7. The minimum atomic E-state index is -0.116. The van der Waals surface area contributed by atoms with Crippen molar-refractivity contribution in [3.8, 4) is 5.75 Å². The summed E-state index contributed by atoms with van der Waals surface area (Å²) in [6.45, 7) is 4.79. The summed E-state index contributed by atoms with van der Waals surface area (Å²) in [6.07, 6.45) is 4.27. The molecule has 1 amide bonds. The highest BCUT2D eigenvalue weighted by Gasteiger charge is 2.42. The van der Waals surface area contributed by atoms with Crippen molar-refractivity contribution in [3.63, 3.8) is 0 Å². The molecular formula is C24H27N5O2S. The largest absolute Gasteiger partial charge is 0.494 e. The summed E-state index contributed by atoms with van der Waals surface area (Å²) in [5.74, 6) is 0.515. The third kappa shape index (κ3) is 4.05. The number of amides is 1. The van der Waals surface area contributed by atoms with Crippen LogP contribution in [0.5, 0.6) is 5.75 Å². The second-order valence-corrected chi connectivity index (χ2v) is 7.89. The van der Waals surface area contributed by atoms with Crippen molar-refractivity contribution in [3.05, 3.63) is 72.3 Å². The molecule has 4 rings (SSSR count). The van der Waals surface area contributed by atoms with Gasteiger partial charge in [-0.1, -0.05) is 13.0 Å².